The van der Waals surface area contributed by atoms with Crippen molar-refractivity contribution in [2.45, 2.75) is 33.1 Å². The van der Waals surface area contributed by atoms with Crippen molar-refractivity contribution in [1.82, 2.24) is 9.97 Å². The minimum Gasteiger partial charge on any atom is -0.507 e. The Bertz CT molecular complexity index is 2480. The van der Waals surface area contributed by atoms with E-state index in [1.165, 1.54) is 16.5 Å². The fraction of sp³-hybridized carbons (Fsp3) is 0.116. The quantitative estimate of drug-likeness (QED) is 0.180. The molecule has 6 aromatic carbocycles. The zero-order valence-corrected chi connectivity index (χ0v) is 29.4. The second-order valence-corrected chi connectivity index (χ2v) is 13.2. The van der Waals surface area contributed by atoms with E-state index in [0.717, 1.165) is 49.7 Å². The number of hydrogen-bond donors (Lipinski definition) is 1. The minimum atomic E-state index is -0.0398. The molecule has 0 amide bonds. The summed E-state index contributed by atoms with van der Waals surface area (Å²) in [4.78, 5) is 9.82. The van der Waals surface area contributed by atoms with Crippen LogP contribution in [0.3, 0.4) is 0 Å². The van der Waals surface area contributed by atoms with E-state index in [9.17, 15) is 5.11 Å². The van der Waals surface area contributed by atoms with E-state index in [-0.39, 0.29) is 32.2 Å². The predicted octanol–water partition coefficient (Wildman–Crippen LogP) is 11.3. The molecule has 0 aliphatic rings. The van der Waals surface area contributed by atoms with E-state index in [1.807, 2.05) is 24.4 Å². The second-order valence-electron chi connectivity index (χ2n) is 13.2. The van der Waals surface area contributed by atoms with Crippen LogP contribution in [-0.4, -0.2) is 15.1 Å². The Morgan fingerprint density at radius 1 is 0.667 bits per heavy atom. The monoisotopic (exact) mass is 804 g/mol. The first-order valence-electron chi connectivity index (χ1n) is 15.9. The SMILES string of the molecule is Cc1ccnc2c(-c3[c-]c(-c4cc(-c5cccc6ccccc56)cc5oc(-c6ccccc6O)nc45)ccc3)cc(C(C)(C)C)cc12.[Pt]. The van der Waals surface area contributed by atoms with Gasteiger partial charge in [0.2, 0.25) is 5.89 Å². The number of aryl methyl sites for hydroxylation is 1. The molecule has 8 rings (SSSR count). The van der Waals surface area contributed by atoms with E-state index >= 15 is 0 Å². The average Bonchev–Trinajstić information content (AvgIpc) is 3.51. The molecule has 0 spiro atoms. The number of oxazole rings is 1. The van der Waals surface area contributed by atoms with Crippen LogP contribution in [0.5, 0.6) is 5.75 Å². The van der Waals surface area contributed by atoms with Gasteiger partial charge in [-0.2, -0.15) is 0 Å². The molecule has 0 bridgehead atoms. The molecule has 0 saturated carbocycles. The molecule has 0 aliphatic heterocycles. The molecule has 2 aromatic heterocycles. The summed E-state index contributed by atoms with van der Waals surface area (Å²) in [5, 5.41) is 14.1. The number of phenolic OH excluding ortho intramolecular Hbond substituents is 1. The summed E-state index contributed by atoms with van der Waals surface area (Å²) >= 11 is 0. The Morgan fingerprint density at radius 3 is 2.15 bits per heavy atom. The molecular weight excluding hydrogens is 772 g/mol. The van der Waals surface area contributed by atoms with Gasteiger partial charge < -0.3 is 9.52 Å². The molecule has 0 atom stereocenters. The Morgan fingerprint density at radius 2 is 1.35 bits per heavy atom. The summed E-state index contributed by atoms with van der Waals surface area (Å²) in [5.41, 5.74) is 11.2. The van der Waals surface area contributed by atoms with Crippen LogP contribution in [0, 0.1) is 13.0 Å². The van der Waals surface area contributed by atoms with Crippen molar-refractivity contribution >= 4 is 32.8 Å². The van der Waals surface area contributed by atoms with Gasteiger partial charge in [0.15, 0.2) is 0 Å². The van der Waals surface area contributed by atoms with Gasteiger partial charge in [0.1, 0.15) is 11.3 Å². The van der Waals surface area contributed by atoms with Crippen LogP contribution < -0.4 is 0 Å². The van der Waals surface area contributed by atoms with Crippen molar-refractivity contribution < 1.29 is 30.6 Å². The van der Waals surface area contributed by atoms with E-state index in [4.69, 9.17) is 14.4 Å². The first-order valence-corrected chi connectivity index (χ1v) is 15.9. The number of fused-ring (bicyclic) bond motifs is 3. The summed E-state index contributed by atoms with van der Waals surface area (Å²) in [6.45, 7) is 8.87. The fourth-order valence-electron chi connectivity index (χ4n) is 6.45. The van der Waals surface area contributed by atoms with Gasteiger partial charge in [0, 0.05) is 32.8 Å². The smallest absolute Gasteiger partial charge is 0.230 e. The number of nitrogens with zero attached hydrogens (tertiary/aromatic N) is 2. The molecule has 5 heteroatoms. The van der Waals surface area contributed by atoms with Crippen LogP contribution in [0.25, 0.3) is 77.6 Å². The third-order valence-electron chi connectivity index (χ3n) is 9.03. The number of rotatable bonds is 4. The van der Waals surface area contributed by atoms with Gasteiger partial charge in [-0.1, -0.05) is 105 Å². The third-order valence-corrected chi connectivity index (χ3v) is 9.03. The van der Waals surface area contributed by atoms with Gasteiger partial charge >= 0.3 is 0 Å². The molecule has 0 unspecified atom stereocenters. The molecular formula is C43H33N2O2Pt-. The van der Waals surface area contributed by atoms with E-state index in [1.54, 1.807) is 12.1 Å². The molecule has 2 heterocycles. The van der Waals surface area contributed by atoms with Crippen LogP contribution in [0.1, 0.15) is 31.9 Å². The van der Waals surface area contributed by atoms with Gasteiger partial charge in [0.25, 0.3) is 0 Å². The predicted molar refractivity (Wildman–Crippen MR) is 192 cm³/mol. The topological polar surface area (TPSA) is 59.2 Å². The maximum Gasteiger partial charge on any atom is 0.230 e. The number of aromatic hydroxyl groups is 1. The molecule has 48 heavy (non-hydrogen) atoms. The van der Waals surface area contributed by atoms with Crippen molar-refractivity contribution in [3.8, 4) is 50.6 Å². The van der Waals surface area contributed by atoms with E-state index in [2.05, 4.69) is 119 Å². The number of hydrogen-bond acceptors (Lipinski definition) is 4. The number of benzene rings is 6. The summed E-state index contributed by atoms with van der Waals surface area (Å²) < 4.78 is 6.42. The Kier molecular flexibility index (Phi) is 8.01. The molecule has 0 radical (unpaired) electrons. The summed E-state index contributed by atoms with van der Waals surface area (Å²) in [6.07, 6.45) is 1.88. The summed E-state index contributed by atoms with van der Waals surface area (Å²) in [7, 11) is 0. The zero-order chi connectivity index (χ0) is 32.3. The number of phenols is 1. The fourth-order valence-corrected chi connectivity index (χ4v) is 6.45. The van der Waals surface area contributed by atoms with E-state index in [0.29, 0.717) is 22.6 Å². The van der Waals surface area contributed by atoms with Crippen molar-refractivity contribution in [3.05, 3.63) is 139 Å². The van der Waals surface area contributed by atoms with Gasteiger partial charge in [-0.15, -0.1) is 35.4 Å². The van der Waals surface area contributed by atoms with E-state index < -0.39 is 0 Å². The maximum atomic E-state index is 10.7. The van der Waals surface area contributed by atoms with Crippen LogP contribution in [0.15, 0.2) is 126 Å². The Hall–Kier alpha value is -5.05. The van der Waals surface area contributed by atoms with Gasteiger partial charge in [-0.3, -0.25) is 4.98 Å². The zero-order valence-electron chi connectivity index (χ0n) is 27.1. The van der Waals surface area contributed by atoms with Gasteiger partial charge in [0.05, 0.1) is 11.1 Å². The largest absolute Gasteiger partial charge is 0.507 e. The first kappa shape index (κ1) is 31.5. The van der Waals surface area contributed by atoms with Crippen LogP contribution in [-0.2, 0) is 26.5 Å². The molecule has 238 valence electrons. The third kappa shape index (κ3) is 5.51. The van der Waals surface area contributed by atoms with Gasteiger partial charge in [-0.05, 0) is 75.0 Å². The normalized spacial score (nSPS) is 11.7. The maximum absolute atomic E-state index is 10.7. The molecule has 0 saturated heterocycles. The van der Waals surface area contributed by atoms with Crippen molar-refractivity contribution in [3.63, 3.8) is 0 Å². The molecule has 4 nitrogen and oxygen atoms in total. The van der Waals surface area contributed by atoms with Crippen LogP contribution in [0.2, 0.25) is 0 Å². The van der Waals surface area contributed by atoms with Crippen molar-refractivity contribution in [1.29, 1.82) is 0 Å². The average molecular weight is 805 g/mol. The molecule has 8 aromatic rings. The molecule has 0 fully saturated rings. The first-order chi connectivity index (χ1) is 22.7. The number of para-hydroxylation sites is 1. The standard InChI is InChI=1S/C43H33N2O2.Pt/c1-26-19-20-44-40-35(26)24-31(43(2,3)4)25-37(40)29-14-9-13-28(21-29)36-22-30(33-17-10-12-27-11-5-6-15-32(27)33)23-39-41(36)45-42(47-39)34-16-7-8-18-38(34)46;/h5-20,22-25,46H,1-4H3;/q-1;. The minimum absolute atomic E-state index is 0. The summed E-state index contributed by atoms with van der Waals surface area (Å²) in [6, 6.07) is 42.8. The van der Waals surface area contributed by atoms with Crippen LogP contribution >= 0.6 is 0 Å². The summed E-state index contributed by atoms with van der Waals surface area (Å²) in [5.74, 6) is 0.492. The molecule has 1 N–H and O–H groups in total. The Balaban J connectivity index is 0.00000364. The number of pyridine rings is 1. The van der Waals surface area contributed by atoms with Crippen molar-refractivity contribution in [2.24, 2.45) is 0 Å². The molecule has 0 aliphatic carbocycles. The second kappa shape index (κ2) is 12.2. The van der Waals surface area contributed by atoms with Crippen LogP contribution in [0.4, 0.5) is 0 Å². The number of aromatic nitrogens is 2. The van der Waals surface area contributed by atoms with Gasteiger partial charge in [-0.25, -0.2) is 4.98 Å². The Labute approximate surface area is 294 Å². The van der Waals surface area contributed by atoms with Crippen molar-refractivity contribution in [2.75, 3.05) is 0 Å².